The molecule has 144 valence electrons. The van der Waals surface area contributed by atoms with Gasteiger partial charge in [0, 0.05) is 26.2 Å². The molecule has 1 aliphatic rings. The predicted octanol–water partition coefficient (Wildman–Crippen LogP) is 2.42. The van der Waals surface area contributed by atoms with Crippen LogP contribution in [0.3, 0.4) is 0 Å². The first-order valence-corrected chi connectivity index (χ1v) is 9.24. The zero-order valence-electron chi connectivity index (χ0n) is 15.9. The van der Waals surface area contributed by atoms with Gasteiger partial charge in [0.05, 0.1) is 41.1 Å². The molecule has 1 saturated heterocycles. The van der Waals surface area contributed by atoms with Gasteiger partial charge in [-0.15, -0.1) is 0 Å². The Morgan fingerprint density at radius 1 is 1.14 bits per heavy atom. The van der Waals surface area contributed by atoms with Gasteiger partial charge in [-0.2, -0.15) is 10.2 Å². The molecule has 4 rings (SSSR count). The molecule has 0 spiro atoms. The number of carbonyl (C=O) groups is 2. The van der Waals surface area contributed by atoms with E-state index in [1.807, 2.05) is 46.8 Å². The highest BCUT2D eigenvalue weighted by molar-refractivity contribution is 5.95. The minimum absolute atomic E-state index is 0.0172. The van der Waals surface area contributed by atoms with Gasteiger partial charge in [-0.3, -0.25) is 14.3 Å². The Bertz CT molecular complexity index is 1010. The van der Waals surface area contributed by atoms with Gasteiger partial charge in [0.15, 0.2) is 0 Å². The van der Waals surface area contributed by atoms with Gasteiger partial charge in [0.25, 0.3) is 5.91 Å². The molecule has 0 bridgehead atoms. The van der Waals surface area contributed by atoms with Crippen LogP contribution in [0.5, 0.6) is 0 Å². The third kappa shape index (κ3) is 3.40. The lowest BCUT2D eigenvalue weighted by Gasteiger charge is -2.16. The van der Waals surface area contributed by atoms with Crippen molar-refractivity contribution in [2.24, 2.45) is 0 Å². The average Bonchev–Trinajstić information content (AvgIpc) is 3.41. The van der Waals surface area contributed by atoms with Crippen LogP contribution in [0.15, 0.2) is 48.9 Å². The number of benzene rings is 1. The summed E-state index contributed by atoms with van der Waals surface area (Å²) in [5.74, 6) is -0.148. The summed E-state index contributed by atoms with van der Waals surface area (Å²) in [4.78, 5) is 26.0. The monoisotopic (exact) mass is 378 g/mol. The summed E-state index contributed by atoms with van der Waals surface area (Å²) >= 11 is 0. The van der Waals surface area contributed by atoms with Crippen LogP contribution in [0, 0.1) is 6.92 Å². The molecule has 0 saturated carbocycles. The molecule has 1 N–H and O–H groups in total. The van der Waals surface area contributed by atoms with E-state index in [9.17, 15) is 9.59 Å². The molecule has 3 heterocycles. The highest BCUT2D eigenvalue weighted by atomic mass is 16.2. The molecule has 2 amide bonds. The van der Waals surface area contributed by atoms with Crippen molar-refractivity contribution in [2.75, 3.05) is 18.4 Å². The fraction of sp³-hybridized carbons (Fsp3) is 0.300. The number of nitrogens with one attached hydrogen (secondary N) is 1. The third-order valence-corrected chi connectivity index (χ3v) is 4.99. The van der Waals surface area contributed by atoms with Crippen LogP contribution in [0.1, 0.15) is 35.4 Å². The van der Waals surface area contributed by atoms with Crippen molar-refractivity contribution in [3.63, 3.8) is 0 Å². The van der Waals surface area contributed by atoms with Gasteiger partial charge < -0.3 is 10.2 Å². The average molecular weight is 378 g/mol. The molecule has 2 aromatic heterocycles. The van der Waals surface area contributed by atoms with Crippen LogP contribution in [0.25, 0.3) is 5.69 Å². The van der Waals surface area contributed by atoms with E-state index in [0.29, 0.717) is 24.3 Å². The van der Waals surface area contributed by atoms with Crippen molar-refractivity contribution in [3.05, 3.63) is 60.2 Å². The minimum Gasteiger partial charge on any atom is -0.336 e. The number of rotatable bonds is 4. The zero-order valence-corrected chi connectivity index (χ0v) is 15.9. The molecule has 0 radical (unpaired) electrons. The van der Waals surface area contributed by atoms with E-state index in [1.54, 1.807) is 23.3 Å². The van der Waals surface area contributed by atoms with E-state index >= 15 is 0 Å². The summed E-state index contributed by atoms with van der Waals surface area (Å²) in [6.07, 6.45) is 5.89. The van der Waals surface area contributed by atoms with E-state index in [0.717, 1.165) is 17.8 Å². The second kappa shape index (κ2) is 7.30. The molecule has 1 unspecified atom stereocenters. The van der Waals surface area contributed by atoms with E-state index in [2.05, 4.69) is 15.5 Å². The Balaban J connectivity index is 1.47. The Morgan fingerprint density at radius 3 is 2.68 bits per heavy atom. The van der Waals surface area contributed by atoms with E-state index in [1.165, 1.54) is 6.92 Å². The first-order chi connectivity index (χ1) is 13.5. The number of anilines is 1. The quantitative estimate of drug-likeness (QED) is 0.756. The van der Waals surface area contributed by atoms with Crippen LogP contribution < -0.4 is 5.32 Å². The van der Waals surface area contributed by atoms with E-state index in [4.69, 9.17) is 0 Å². The van der Waals surface area contributed by atoms with Gasteiger partial charge >= 0.3 is 0 Å². The van der Waals surface area contributed by atoms with E-state index < -0.39 is 0 Å². The van der Waals surface area contributed by atoms with Gasteiger partial charge in [-0.25, -0.2) is 4.68 Å². The summed E-state index contributed by atoms with van der Waals surface area (Å²) in [7, 11) is 0. The number of hydrogen-bond donors (Lipinski definition) is 1. The summed E-state index contributed by atoms with van der Waals surface area (Å²) < 4.78 is 3.60. The lowest BCUT2D eigenvalue weighted by atomic mass is 10.2. The molecule has 8 heteroatoms. The summed E-state index contributed by atoms with van der Waals surface area (Å²) in [6, 6.07) is 9.86. The van der Waals surface area contributed by atoms with Gasteiger partial charge in [0.2, 0.25) is 5.91 Å². The van der Waals surface area contributed by atoms with Crippen molar-refractivity contribution in [1.82, 2.24) is 24.5 Å². The maximum Gasteiger partial charge on any atom is 0.257 e. The molecule has 1 fully saturated rings. The summed E-state index contributed by atoms with van der Waals surface area (Å²) in [5.41, 5.74) is 3.04. The van der Waals surface area contributed by atoms with Crippen molar-refractivity contribution < 1.29 is 9.59 Å². The number of hydrogen-bond acceptors (Lipinski definition) is 4. The Hall–Kier alpha value is -3.42. The predicted molar refractivity (Wildman–Crippen MR) is 104 cm³/mol. The zero-order chi connectivity index (χ0) is 19.7. The fourth-order valence-electron chi connectivity index (χ4n) is 3.57. The summed E-state index contributed by atoms with van der Waals surface area (Å²) in [5, 5.41) is 11.4. The molecular weight excluding hydrogens is 356 g/mol. The number of para-hydroxylation sites is 1. The van der Waals surface area contributed by atoms with Crippen LogP contribution >= 0.6 is 0 Å². The lowest BCUT2D eigenvalue weighted by Crippen LogP contribution is -2.29. The van der Waals surface area contributed by atoms with Crippen LogP contribution in [-0.2, 0) is 4.79 Å². The van der Waals surface area contributed by atoms with Gasteiger partial charge in [-0.05, 0) is 25.5 Å². The number of nitrogens with zero attached hydrogens (tertiary/aromatic N) is 5. The SMILES string of the molecule is CC(=O)Nc1cnn(C2CCN(C(=O)c3cnn(-c4ccccc4)c3C)C2)c1. The highest BCUT2D eigenvalue weighted by Crippen LogP contribution is 2.25. The topological polar surface area (TPSA) is 85.1 Å². The normalized spacial score (nSPS) is 16.4. The second-order valence-electron chi connectivity index (χ2n) is 6.97. The number of likely N-dealkylation sites (tertiary alicyclic amines) is 1. The molecule has 1 atom stereocenters. The number of carbonyl (C=O) groups excluding carboxylic acids is 2. The maximum atomic E-state index is 13.0. The first kappa shape index (κ1) is 18.0. The van der Waals surface area contributed by atoms with Gasteiger partial charge in [0.1, 0.15) is 0 Å². The lowest BCUT2D eigenvalue weighted by molar-refractivity contribution is -0.114. The first-order valence-electron chi connectivity index (χ1n) is 9.24. The van der Waals surface area contributed by atoms with Gasteiger partial charge in [-0.1, -0.05) is 18.2 Å². The Kier molecular flexibility index (Phi) is 4.68. The van der Waals surface area contributed by atoms with Crippen molar-refractivity contribution in [3.8, 4) is 5.69 Å². The van der Waals surface area contributed by atoms with Crippen molar-refractivity contribution in [1.29, 1.82) is 0 Å². The molecule has 8 nitrogen and oxygen atoms in total. The van der Waals surface area contributed by atoms with Crippen LogP contribution in [-0.4, -0.2) is 49.4 Å². The number of aromatic nitrogens is 4. The molecule has 3 aromatic rings. The van der Waals surface area contributed by atoms with Crippen LogP contribution in [0.4, 0.5) is 5.69 Å². The molecule has 28 heavy (non-hydrogen) atoms. The van der Waals surface area contributed by atoms with Crippen molar-refractivity contribution in [2.45, 2.75) is 26.3 Å². The smallest absolute Gasteiger partial charge is 0.257 e. The second-order valence-corrected chi connectivity index (χ2v) is 6.97. The Labute approximate surface area is 162 Å². The van der Waals surface area contributed by atoms with Crippen molar-refractivity contribution >= 4 is 17.5 Å². The van der Waals surface area contributed by atoms with Crippen LogP contribution in [0.2, 0.25) is 0 Å². The highest BCUT2D eigenvalue weighted by Gasteiger charge is 2.30. The molecule has 0 aliphatic carbocycles. The molecular formula is C20H22N6O2. The summed E-state index contributed by atoms with van der Waals surface area (Å²) in [6.45, 7) is 4.62. The van der Waals surface area contributed by atoms with E-state index in [-0.39, 0.29) is 17.9 Å². The standard InChI is InChI=1S/C20H22N6O2/c1-14-19(11-22-26(14)17-6-4-3-5-7-17)20(28)24-9-8-18(13-24)25-12-16(10-21-25)23-15(2)27/h3-7,10-12,18H,8-9,13H2,1-2H3,(H,23,27). The fourth-order valence-corrected chi connectivity index (χ4v) is 3.57. The number of amides is 2. The third-order valence-electron chi connectivity index (χ3n) is 4.99. The molecule has 1 aromatic carbocycles. The largest absolute Gasteiger partial charge is 0.336 e. The Morgan fingerprint density at radius 2 is 1.93 bits per heavy atom. The molecule has 1 aliphatic heterocycles. The maximum absolute atomic E-state index is 13.0. The minimum atomic E-state index is -0.131.